The number of carbonyl (C=O) groups is 2. The summed E-state index contributed by atoms with van der Waals surface area (Å²) in [6.07, 6.45) is 0. The van der Waals surface area contributed by atoms with Crippen molar-refractivity contribution >= 4 is 23.3 Å². The Labute approximate surface area is 113 Å². The second kappa shape index (κ2) is 6.22. The summed E-state index contributed by atoms with van der Waals surface area (Å²) >= 11 is 0. The largest absolute Gasteiger partial charge is 0.481 e. The lowest BCUT2D eigenvalue weighted by Gasteiger charge is -2.24. The van der Waals surface area contributed by atoms with Crippen molar-refractivity contribution in [3.8, 4) is 0 Å². The Hall–Kier alpha value is -2.04. The highest BCUT2D eigenvalue weighted by atomic mass is 16.4. The molecule has 0 aliphatic carbocycles. The summed E-state index contributed by atoms with van der Waals surface area (Å²) < 4.78 is 0. The maximum atomic E-state index is 11.6. The van der Waals surface area contributed by atoms with Gasteiger partial charge in [-0.25, -0.2) is 0 Å². The molecule has 1 aromatic carbocycles. The Morgan fingerprint density at radius 1 is 1.16 bits per heavy atom. The van der Waals surface area contributed by atoms with Gasteiger partial charge in [0.05, 0.1) is 5.92 Å². The SMILES string of the molecule is CC(=O)N(CC(C)C(=O)O)c1ccc(N(C)C)cc1. The van der Waals surface area contributed by atoms with Crippen LogP contribution in [0, 0.1) is 5.92 Å². The van der Waals surface area contributed by atoms with Gasteiger partial charge in [0.1, 0.15) is 0 Å². The smallest absolute Gasteiger partial charge is 0.308 e. The maximum absolute atomic E-state index is 11.6. The quantitative estimate of drug-likeness (QED) is 0.881. The normalized spacial score (nSPS) is 11.8. The van der Waals surface area contributed by atoms with Crippen LogP contribution in [0.4, 0.5) is 11.4 Å². The van der Waals surface area contributed by atoms with Crippen LogP contribution in [0.5, 0.6) is 0 Å². The molecule has 5 heteroatoms. The van der Waals surface area contributed by atoms with E-state index < -0.39 is 11.9 Å². The minimum Gasteiger partial charge on any atom is -0.481 e. The van der Waals surface area contributed by atoms with Gasteiger partial charge >= 0.3 is 5.97 Å². The van der Waals surface area contributed by atoms with Crippen molar-refractivity contribution in [2.24, 2.45) is 5.92 Å². The Balaban J connectivity index is 2.93. The Morgan fingerprint density at radius 2 is 1.63 bits per heavy atom. The van der Waals surface area contributed by atoms with Crippen LogP contribution in [0.3, 0.4) is 0 Å². The molecule has 0 saturated carbocycles. The van der Waals surface area contributed by atoms with Crippen LogP contribution in [0.1, 0.15) is 13.8 Å². The monoisotopic (exact) mass is 264 g/mol. The summed E-state index contributed by atoms with van der Waals surface area (Å²) in [4.78, 5) is 26.0. The third-order valence-corrected chi connectivity index (χ3v) is 2.94. The van der Waals surface area contributed by atoms with Gasteiger partial charge in [0.25, 0.3) is 0 Å². The van der Waals surface area contributed by atoms with Crippen molar-refractivity contribution in [3.63, 3.8) is 0 Å². The lowest BCUT2D eigenvalue weighted by atomic mass is 10.1. The fourth-order valence-electron chi connectivity index (χ4n) is 1.70. The van der Waals surface area contributed by atoms with Gasteiger partial charge in [-0.2, -0.15) is 0 Å². The molecule has 0 saturated heterocycles. The van der Waals surface area contributed by atoms with Gasteiger partial charge in [-0.1, -0.05) is 6.92 Å². The van der Waals surface area contributed by atoms with E-state index in [1.807, 2.05) is 43.3 Å². The fourth-order valence-corrected chi connectivity index (χ4v) is 1.70. The third-order valence-electron chi connectivity index (χ3n) is 2.94. The predicted molar refractivity (Wildman–Crippen MR) is 75.6 cm³/mol. The van der Waals surface area contributed by atoms with E-state index in [9.17, 15) is 9.59 Å². The molecule has 1 amide bonds. The highest BCUT2D eigenvalue weighted by Crippen LogP contribution is 2.20. The lowest BCUT2D eigenvalue weighted by molar-refractivity contribution is -0.140. The molecule has 19 heavy (non-hydrogen) atoms. The second-order valence-corrected chi connectivity index (χ2v) is 4.78. The van der Waals surface area contributed by atoms with Gasteiger partial charge in [-0.15, -0.1) is 0 Å². The van der Waals surface area contributed by atoms with E-state index in [1.54, 1.807) is 6.92 Å². The summed E-state index contributed by atoms with van der Waals surface area (Å²) in [5.41, 5.74) is 1.74. The zero-order valence-corrected chi connectivity index (χ0v) is 11.8. The van der Waals surface area contributed by atoms with Gasteiger partial charge in [0.2, 0.25) is 5.91 Å². The van der Waals surface area contributed by atoms with Crippen LogP contribution < -0.4 is 9.80 Å². The molecule has 1 atom stereocenters. The van der Waals surface area contributed by atoms with Crippen molar-refractivity contribution in [1.82, 2.24) is 0 Å². The fraction of sp³-hybridized carbons (Fsp3) is 0.429. The molecule has 0 aliphatic heterocycles. The first kappa shape index (κ1) is 15.0. The number of nitrogens with zero attached hydrogens (tertiary/aromatic N) is 2. The number of carboxylic acids is 1. The number of anilines is 2. The minimum absolute atomic E-state index is 0.161. The van der Waals surface area contributed by atoms with E-state index in [0.29, 0.717) is 5.69 Å². The number of rotatable bonds is 5. The second-order valence-electron chi connectivity index (χ2n) is 4.78. The molecule has 0 aromatic heterocycles. The molecule has 1 aromatic rings. The van der Waals surface area contributed by atoms with E-state index in [4.69, 9.17) is 5.11 Å². The van der Waals surface area contributed by atoms with Crippen LogP contribution in [-0.4, -0.2) is 37.6 Å². The Bertz CT molecular complexity index is 454. The topological polar surface area (TPSA) is 60.9 Å². The highest BCUT2D eigenvalue weighted by molar-refractivity contribution is 5.92. The average Bonchev–Trinajstić information content (AvgIpc) is 2.35. The Kier molecular flexibility index (Phi) is 4.92. The zero-order chi connectivity index (χ0) is 14.6. The molecule has 1 unspecified atom stereocenters. The van der Waals surface area contributed by atoms with Crippen LogP contribution in [-0.2, 0) is 9.59 Å². The minimum atomic E-state index is -0.906. The summed E-state index contributed by atoms with van der Waals surface area (Å²) in [5.74, 6) is -1.67. The van der Waals surface area contributed by atoms with E-state index in [2.05, 4.69) is 0 Å². The lowest BCUT2D eigenvalue weighted by Crippen LogP contribution is -2.35. The number of hydrogen-bond acceptors (Lipinski definition) is 3. The number of carbonyl (C=O) groups excluding carboxylic acids is 1. The van der Waals surface area contributed by atoms with Crippen LogP contribution in [0.15, 0.2) is 24.3 Å². The summed E-state index contributed by atoms with van der Waals surface area (Å²) in [7, 11) is 3.87. The van der Waals surface area contributed by atoms with Crippen LogP contribution >= 0.6 is 0 Å². The molecule has 0 spiro atoms. The number of carboxylic acid groups (broad SMARTS) is 1. The molecule has 0 heterocycles. The number of hydrogen-bond donors (Lipinski definition) is 1. The maximum Gasteiger partial charge on any atom is 0.308 e. The van der Waals surface area contributed by atoms with E-state index >= 15 is 0 Å². The van der Waals surface area contributed by atoms with Crippen LogP contribution in [0.2, 0.25) is 0 Å². The highest BCUT2D eigenvalue weighted by Gasteiger charge is 2.19. The molecule has 104 valence electrons. The molecule has 0 fully saturated rings. The van der Waals surface area contributed by atoms with Gasteiger partial charge in [-0.05, 0) is 24.3 Å². The van der Waals surface area contributed by atoms with Crippen LogP contribution in [0.25, 0.3) is 0 Å². The van der Waals surface area contributed by atoms with Gasteiger partial charge < -0.3 is 14.9 Å². The predicted octanol–water partition coefficient (Wildman–Crippen LogP) is 1.83. The van der Waals surface area contributed by atoms with Gasteiger partial charge in [0, 0.05) is 38.9 Å². The van der Waals surface area contributed by atoms with Crippen molar-refractivity contribution in [2.45, 2.75) is 13.8 Å². The van der Waals surface area contributed by atoms with Crippen molar-refractivity contribution in [2.75, 3.05) is 30.4 Å². The van der Waals surface area contributed by atoms with E-state index in [0.717, 1.165) is 5.69 Å². The van der Waals surface area contributed by atoms with Gasteiger partial charge in [-0.3, -0.25) is 9.59 Å². The van der Waals surface area contributed by atoms with Gasteiger partial charge in [0.15, 0.2) is 0 Å². The van der Waals surface area contributed by atoms with Crippen molar-refractivity contribution in [1.29, 1.82) is 0 Å². The molecule has 5 nitrogen and oxygen atoms in total. The number of amides is 1. The Morgan fingerprint density at radius 3 is 2.00 bits per heavy atom. The van der Waals surface area contributed by atoms with E-state index in [-0.39, 0.29) is 12.5 Å². The third kappa shape index (κ3) is 3.98. The molecule has 0 aliphatic rings. The van der Waals surface area contributed by atoms with E-state index in [1.165, 1.54) is 11.8 Å². The first-order valence-corrected chi connectivity index (χ1v) is 6.11. The summed E-state index contributed by atoms with van der Waals surface area (Å²) in [5, 5.41) is 8.93. The summed E-state index contributed by atoms with van der Waals surface area (Å²) in [6.45, 7) is 3.20. The molecular formula is C14H20N2O3. The van der Waals surface area contributed by atoms with Crippen molar-refractivity contribution < 1.29 is 14.7 Å². The molecule has 0 radical (unpaired) electrons. The number of aliphatic carboxylic acids is 1. The molecule has 1 N–H and O–H groups in total. The average molecular weight is 264 g/mol. The molecular weight excluding hydrogens is 244 g/mol. The number of benzene rings is 1. The molecule has 0 bridgehead atoms. The zero-order valence-electron chi connectivity index (χ0n) is 11.8. The summed E-state index contributed by atoms with van der Waals surface area (Å²) in [6, 6.07) is 7.45. The molecule has 1 rings (SSSR count). The standard InChI is InChI=1S/C14H20N2O3/c1-10(14(18)19)9-16(11(2)17)13-7-5-12(6-8-13)15(3)4/h5-8,10H,9H2,1-4H3,(H,18,19). The first-order valence-electron chi connectivity index (χ1n) is 6.11. The van der Waals surface area contributed by atoms with Crippen molar-refractivity contribution in [3.05, 3.63) is 24.3 Å². The first-order chi connectivity index (χ1) is 8.82.